The van der Waals surface area contributed by atoms with Crippen molar-refractivity contribution in [1.82, 2.24) is 19.3 Å². The first-order chi connectivity index (χ1) is 11.1. The number of nitrogens with zero attached hydrogens (tertiary/aromatic N) is 5. The van der Waals surface area contributed by atoms with E-state index in [9.17, 15) is 10.1 Å². The number of halogens is 1. The third kappa shape index (κ3) is 2.39. The summed E-state index contributed by atoms with van der Waals surface area (Å²) in [6, 6.07) is 9.78. The highest BCUT2D eigenvalue weighted by atomic mass is 35.5. The molecular weight excluding hydrogens is 314 g/mol. The van der Waals surface area contributed by atoms with Crippen molar-refractivity contribution in [1.29, 1.82) is 5.26 Å². The van der Waals surface area contributed by atoms with Gasteiger partial charge in [0.25, 0.3) is 5.56 Å². The van der Waals surface area contributed by atoms with Gasteiger partial charge in [-0.05, 0) is 19.1 Å². The number of rotatable bonds is 3. The molecule has 2 heterocycles. The maximum atomic E-state index is 12.2. The molecule has 1 atom stereocenters. The Bertz CT molecular complexity index is 982. The standard InChI is InChI=1S/C16H14ClN5O/c1-3-22-16(23)14(17)11(9-19-22)10(8-18)15-20-12-6-4-5-7-13(12)21(15)2/h4-7,9-10H,3H2,1-2H3/t10-/m0/s1. The van der Waals surface area contributed by atoms with Crippen molar-refractivity contribution in [2.45, 2.75) is 19.4 Å². The lowest BCUT2D eigenvalue weighted by Gasteiger charge is -2.12. The van der Waals surface area contributed by atoms with Crippen LogP contribution in [0.15, 0.2) is 35.3 Å². The fourth-order valence-corrected chi connectivity index (χ4v) is 2.85. The van der Waals surface area contributed by atoms with E-state index in [1.807, 2.05) is 35.9 Å². The van der Waals surface area contributed by atoms with Gasteiger partial charge in [-0.25, -0.2) is 9.67 Å². The summed E-state index contributed by atoms with van der Waals surface area (Å²) in [7, 11) is 1.84. The van der Waals surface area contributed by atoms with Gasteiger partial charge in [-0.2, -0.15) is 10.4 Å². The van der Waals surface area contributed by atoms with Crippen molar-refractivity contribution in [3.8, 4) is 6.07 Å². The second-order valence-corrected chi connectivity index (χ2v) is 5.49. The Morgan fingerprint density at radius 3 is 2.78 bits per heavy atom. The van der Waals surface area contributed by atoms with Crippen molar-refractivity contribution in [3.63, 3.8) is 0 Å². The van der Waals surface area contributed by atoms with E-state index in [1.165, 1.54) is 10.9 Å². The van der Waals surface area contributed by atoms with Crippen LogP contribution in [0.2, 0.25) is 5.02 Å². The van der Waals surface area contributed by atoms with Crippen molar-refractivity contribution >= 4 is 22.6 Å². The highest BCUT2D eigenvalue weighted by Gasteiger charge is 2.24. The Kier molecular flexibility index (Phi) is 3.89. The van der Waals surface area contributed by atoms with Gasteiger partial charge in [0.1, 0.15) is 16.8 Å². The number of fused-ring (bicyclic) bond motifs is 1. The number of hydrogen-bond acceptors (Lipinski definition) is 4. The van der Waals surface area contributed by atoms with Gasteiger partial charge in [0.2, 0.25) is 0 Å². The van der Waals surface area contributed by atoms with E-state index in [4.69, 9.17) is 11.6 Å². The minimum absolute atomic E-state index is 0.0143. The molecule has 0 N–H and O–H groups in total. The molecule has 23 heavy (non-hydrogen) atoms. The summed E-state index contributed by atoms with van der Waals surface area (Å²) < 4.78 is 3.10. The first kappa shape index (κ1) is 15.3. The average Bonchev–Trinajstić information content (AvgIpc) is 2.90. The lowest BCUT2D eigenvalue weighted by atomic mass is 10.0. The molecule has 0 radical (unpaired) electrons. The molecule has 0 amide bonds. The third-order valence-electron chi connectivity index (χ3n) is 3.83. The summed E-state index contributed by atoms with van der Waals surface area (Å²) >= 11 is 6.19. The Hall–Kier alpha value is -2.65. The van der Waals surface area contributed by atoms with Gasteiger partial charge in [-0.1, -0.05) is 23.7 Å². The first-order valence-electron chi connectivity index (χ1n) is 7.15. The number of nitriles is 1. The zero-order valence-electron chi connectivity index (χ0n) is 12.7. The van der Waals surface area contributed by atoms with Crippen LogP contribution >= 0.6 is 11.6 Å². The molecule has 0 spiro atoms. The maximum Gasteiger partial charge on any atom is 0.285 e. The lowest BCUT2D eigenvalue weighted by molar-refractivity contribution is 0.609. The SMILES string of the molecule is CCn1ncc([C@H](C#N)c2nc3ccccc3n2C)c(Cl)c1=O. The van der Waals surface area contributed by atoms with Crippen molar-refractivity contribution in [2.75, 3.05) is 0 Å². The van der Waals surface area contributed by atoms with Crippen LogP contribution in [0, 0.1) is 11.3 Å². The van der Waals surface area contributed by atoms with Gasteiger partial charge >= 0.3 is 0 Å². The topological polar surface area (TPSA) is 76.5 Å². The van der Waals surface area contributed by atoms with Gasteiger partial charge in [-0.15, -0.1) is 0 Å². The zero-order chi connectivity index (χ0) is 16.6. The summed E-state index contributed by atoms with van der Waals surface area (Å²) in [5.74, 6) is -0.224. The lowest BCUT2D eigenvalue weighted by Crippen LogP contribution is -2.24. The zero-order valence-corrected chi connectivity index (χ0v) is 13.4. The molecule has 1 aromatic carbocycles. The van der Waals surface area contributed by atoms with Gasteiger partial charge in [0, 0.05) is 19.2 Å². The summed E-state index contributed by atoms with van der Waals surface area (Å²) in [6.07, 6.45) is 1.47. The summed E-state index contributed by atoms with van der Waals surface area (Å²) in [6.45, 7) is 2.22. The molecule has 6 nitrogen and oxygen atoms in total. The second kappa shape index (κ2) is 5.86. The van der Waals surface area contributed by atoms with Crippen LogP contribution in [0.5, 0.6) is 0 Å². The molecule has 0 aliphatic carbocycles. The predicted octanol–water partition coefficient (Wildman–Crippen LogP) is 2.46. The van der Waals surface area contributed by atoms with Crippen LogP contribution in [-0.4, -0.2) is 19.3 Å². The number of imidazole rings is 1. The molecule has 0 unspecified atom stereocenters. The molecule has 0 aliphatic heterocycles. The van der Waals surface area contributed by atoms with E-state index < -0.39 is 11.5 Å². The molecule has 116 valence electrons. The fourth-order valence-electron chi connectivity index (χ4n) is 2.59. The number of para-hydroxylation sites is 2. The Morgan fingerprint density at radius 1 is 1.39 bits per heavy atom. The summed E-state index contributed by atoms with van der Waals surface area (Å²) in [5.41, 5.74) is 1.68. The van der Waals surface area contributed by atoms with E-state index in [0.717, 1.165) is 11.0 Å². The Labute approximate surface area is 137 Å². The maximum absolute atomic E-state index is 12.2. The van der Waals surface area contributed by atoms with Gasteiger partial charge in [0.15, 0.2) is 0 Å². The minimum atomic E-state index is -0.758. The highest BCUT2D eigenvalue weighted by molar-refractivity contribution is 6.31. The van der Waals surface area contributed by atoms with E-state index in [1.54, 1.807) is 6.92 Å². The average molecular weight is 328 g/mol. The van der Waals surface area contributed by atoms with Crippen molar-refractivity contribution < 1.29 is 0 Å². The molecule has 0 bridgehead atoms. The van der Waals surface area contributed by atoms with E-state index >= 15 is 0 Å². The molecule has 0 saturated carbocycles. The van der Waals surface area contributed by atoms with Crippen LogP contribution in [0.3, 0.4) is 0 Å². The molecular formula is C16H14ClN5O. The van der Waals surface area contributed by atoms with Gasteiger partial charge in [0.05, 0.1) is 23.3 Å². The normalized spacial score (nSPS) is 12.3. The number of benzene rings is 1. The number of aromatic nitrogens is 4. The largest absolute Gasteiger partial charge is 0.330 e. The molecule has 7 heteroatoms. The molecule has 0 fully saturated rings. The summed E-state index contributed by atoms with van der Waals surface area (Å²) in [5, 5.41) is 13.7. The van der Waals surface area contributed by atoms with Crippen molar-refractivity contribution in [3.05, 3.63) is 57.2 Å². The second-order valence-electron chi connectivity index (χ2n) is 5.11. The van der Waals surface area contributed by atoms with Crippen molar-refractivity contribution in [2.24, 2.45) is 7.05 Å². The third-order valence-corrected chi connectivity index (χ3v) is 4.21. The summed E-state index contributed by atoms with van der Waals surface area (Å²) in [4.78, 5) is 16.7. The highest BCUT2D eigenvalue weighted by Crippen LogP contribution is 2.28. The molecule has 3 aromatic rings. The van der Waals surface area contributed by atoms with Gasteiger partial charge in [-0.3, -0.25) is 4.79 Å². The molecule has 3 rings (SSSR count). The first-order valence-corrected chi connectivity index (χ1v) is 7.52. The van der Waals surface area contributed by atoms with E-state index in [2.05, 4.69) is 16.2 Å². The van der Waals surface area contributed by atoms with E-state index in [-0.39, 0.29) is 5.02 Å². The van der Waals surface area contributed by atoms with Crippen LogP contribution in [0.4, 0.5) is 0 Å². The van der Waals surface area contributed by atoms with Crippen LogP contribution in [0.25, 0.3) is 11.0 Å². The molecule has 0 saturated heterocycles. The fraction of sp³-hybridized carbons (Fsp3) is 0.250. The van der Waals surface area contributed by atoms with Crippen LogP contribution in [0.1, 0.15) is 24.2 Å². The number of aryl methyl sites for hydroxylation is 2. The monoisotopic (exact) mass is 327 g/mol. The quantitative estimate of drug-likeness (QED) is 0.740. The van der Waals surface area contributed by atoms with E-state index in [0.29, 0.717) is 17.9 Å². The Morgan fingerprint density at radius 2 is 2.13 bits per heavy atom. The van der Waals surface area contributed by atoms with Crippen LogP contribution < -0.4 is 5.56 Å². The number of hydrogen-bond donors (Lipinski definition) is 0. The minimum Gasteiger partial charge on any atom is -0.330 e. The predicted molar refractivity (Wildman–Crippen MR) is 87.4 cm³/mol. The smallest absolute Gasteiger partial charge is 0.285 e. The Balaban J connectivity index is 2.21. The van der Waals surface area contributed by atoms with Crippen LogP contribution in [-0.2, 0) is 13.6 Å². The molecule has 2 aromatic heterocycles. The van der Waals surface area contributed by atoms with Gasteiger partial charge < -0.3 is 4.57 Å². The molecule has 0 aliphatic rings.